The maximum Gasteiger partial charge on any atom is 0.228 e. The Balaban J connectivity index is 1.35. The van der Waals surface area contributed by atoms with Gasteiger partial charge in [-0.3, -0.25) is 14.5 Å². The van der Waals surface area contributed by atoms with Crippen LogP contribution in [0.25, 0.3) is 11.0 Å². The Morgan fingerprint density at radius 2 is 1.91 bits per heavy atom. The topological polar surface area (TPSA) is 84.2 Å². The van der Waals surface area contributed by atoms with Crippen molar-refractivity contribution in [3.05, 3.63) is 46.7 Å². The van der Waals surface area contributed by atoms with Crippen LogP contribution < -0.4 is 4.90 Å². The molecule has 1 aromatic carbocycles. The molecule has 2 amide bonds. The number of benzene rings is 1. The van der Waals surface area contributed by atoms with Crippen LogP contribution in [-0.2, 0) is 22.6 Å². The zero-order valence-corrected chi connectivity index (χ0v) is 19.8. The van der Waals surface area contributed by atoms with Crippen LogP contribution in [-0.4, -0.2) is 49.8 Å². The van der Waals surface area contributed by atoms with Crippen LogP contribution in [0.1, 0.15) is 59.9 Å². The van der Waals surface area contributed by atoms with Crippen LogP contribution in [0, 0.1) is 20.8 Å². The maximum atomic E-state index is 13.2. The maximum absolute atomic E-state index is 13.2. The number of fused-ring (bicyclic) bond motifs is 2. The Kier molecular flexibility index (Phi) is 5.38. The fourth-order valence-corrected chi connectivity index (χ4v) is 5.02. The van der Waals surface area contributed by atoms with Crippen LogP contribution >= 0.6 is 0 Å². The molecule has 0 aliphatic carbocycles. The highest BCUT2D eigenvalue weighted by Gasteiger charge is 2.34. The number of hydrogen-bond donors (Lipinski definition) is 0. The van der Waals surface area contributed by atoms with E-state index in [4.69, 9.17) is 9.97 Å². The second-order valence-corrected chi connectivity index (χ2v) is 9.28. The SMILES string of the molecule is Cc1cc2ncn(CCC(=O)N3CCC[C@H]3c3nc(C)c4c(n3)N(C)C(=O)CC4)c2cc1C. The minimum absolute atomic E-state index is 0.0730. The van der Waals surface area contributed by atoms with Crippen molar-refractivity contribution in [1.29, 1.82) is 0 Å². The van der Waals surface area contributed by atoms with Crippen LogP contribution in [0.15, 0.2) is 18.5 Å². The summed E-state index contributed by atoms with van der Waals surface area (Å²) in [6.07, 6.45) is 5.16. The highest BCUT2D eigenvalue weighted by atomic mass is 16.2. The molecule has 5 rings (SSSR count). The summed E-state index contributed by atoms with van der Waals surface area (Å²) < 4.78 is 2.06. The lowest BCUT2D eigenvalue weighted by Gasteiger charge is -2.29. The number of likely N-dealkylation sites (tertiary alicyclic amines) is 1. The number of anilines is 1. The molecule has 0 spiro atoms. The third kappa shape index (κ3) is 3.77. The van der Waals surface area contributed by atoms with Gasteiger partial charge in [-0.25, -0.2) is 15.0 Å². The van der Waals surface area contributed by atoms with Crippen molar-refractivity contribution < 1.29 is 9.59 Å². The lowest BCUT2D eigenvalue weighted by Crippen LogP contribution is -2.35. The smallest absolute Gasteiger partial charge is 0.228 e. The lowest BCUT2D eigenvalue weighted by molar-refractivity contribution is -0.132. The molecular formula is C25H30N6O2. The number of rotatable bonds is 4. The Bertz CT molecular complexity index is 1260. The first-order chi connectivity index (χ1) is 15.8. The van der Waals surface area contributed by atoms with Crippen molar-refractivity contribution in [2.45, 2.75) is 65.5 Å². The van der Waals surface area contributed by atoms with Gasteiger partial charge >= 0.3 is 0 Å². The molecule has 1 fully saturated rings. The lowest BCUT2D eigenvalue weighted by atomic mass is 10.0. The summed E-state index contributed by atoms with van der Waals surface area (Å²) in [4.78, 5) is 43.0. The van der Waals surface area contributed by atoms with E-state index in [2.05, 4.69) is 35.5 Å². The summed E-state index contributed by atoms with van der Waals surface area (Å²) >= 11 is 0. The molecule has 33 heavy (non-hydrogen) atoms. The molecule has 4 heterocycles. The van der Waals surface area contributed by atoms with Crippen molar-refractivity contribution in [3.63, 3.8) is 0 Å². The minimum Gasteiger partial charge on any atom is -0.332 e. The zero-order chi connectivity index (χ0) is 23.3. The molecule has 0 N–H and O–H groups in total. The summed E-state index contributed by atoms with van der Waals surface area (Å²) in [6.45, 7) is 7.45. The number of carbonyl (C=O) groups excluding carboxylic acids is 2. The number of amides is 2. The van der Waals surface area contributed by atoms with Gasteiger partial charge in [-0.15, -0.1) is 0 Å². The van der Waals surface area contributed by atoms with Gasteiger partial charge in [0.25, 0.3) is 0 Å². The van der Waals surface area contributed by atoms with Crippen LogP contribution in [0.4, 0.5) is 5.82 Å². The van der Waals surface area contributed by atoms with Crippen molar-refractivity contribution in [3.8, 4) is 0 Å². The summed E-state index contributed by atoms with van der Waals surface area (Å²) in [7, 11) is 1.77. The molecule has 8 heteroatoms. The monoisotopic (exact) mass is 446 g/mol. The molecule has 1 atom stereocenters. The predicted molar refractivity (Wildman–Crippen MR) is 126 cm³/mol. The zero-order valence-electron chi connectivity index (χ0n) is 19.8. The van der Waals surface area contributed by atoms with E-state index in [-0.39, 0.29) is 17.9 Å². The fraction of sp³-hybridized carbons (Fsp3) is 0.480. The highest BCUT2D eigenvalue weighted by Crippen LogP contribution is 2.34. The third-order valence-electron chi connectivity index (χ3n) is 7.16. The predicted octanol–water partition coefficient (Wildman–Crippen LogP) is 3.41. The van der Waals surface area contributed by atoms with E-state index < -0.39 is 0 Å². The summed E-state index contributed by atoms with van der Waals surface area (Å²) in [5, 5.41) is 0. The Morgan fingerprint density at radius 1 is 1.12 bits per heavy atom. The average Bonchev–Trinajstić information content (AvgIpc) is 3.42. The second kappa shape index (κ2) is 8.24. The number of aryl methyl sites for hydroxylation is 4. The number of aromatic nitrogens is 4. The molecule has 2 aromatic heterocycles. The van der Waals surface area contributed by atoms with Crippen molar-refractivity contribution in [2.75, 3.05) is 18.5 Å². The molecule has 1 saturated heterocycles. The molecule has 8 nitrogen and oxygen atoms in total. The summed E-state index contributed by atoms with van der Waals surface area (Å²) in [5.74, 6) is 1.52. The molecular weight excluding hydrogens is 416 g/mol. The van der Waals surface area contributed by atoms with Crippen LogP contribution in [0.2, 0.25) is 0 Å². The van der Waals surface area contributed by atoms with Crippen LogP contribution in [0.3, 0.4) is 0 Å². The van der Waals surface area contributed by atoms with Crippen molar-refractivity contribution in [2.24, 2.45) is 0 Å². The van der Waals surface area contributed by atoms with E-state index in [0.29, 0.717) is 44.0 Å². The number of nitrogens with zero attached hydrogens (tertiary/aromatic N) is 6. The number of imidazole rings is 1. The van der Waals surface area contributed by atoms with E-state index in [9.17, 15) is 9.59 Å². The molecule has 172 valence electrons. The molecule has 0 bridgehead atoms. The largest absolute Gasteiger partial charge is 0.332 e. The first-order valence-electron chi connectivity index (χ1n) is 11.7. The first kappa shape index (κ1) is 21.6. The van der Waals surface area contributed by atoms with Gasteiger partial charge in [-0.1, -0.05) is 0 Å². The average molecular weight is 447 g/mol. The van der Waals surface area contributed by atoms with E-state index >= 15 is 0 Å². The van der Waals surface area contributed by atoms with E-state index in [0.717, 1.165) is 35.1 Å². The Morgan fingerprint density at radius 3 is 2.73 bits per heavy atom. The van der Waals surface area contributed by atoms with Crippen molar-refractivity contribution in [1.82, 2.24) is 24.4 Å². The van der Waals surface area contributed by atoms with Gasteiger partial charge in [0.2, 0.25) is 11.8 Å². The van der Waals surface area contributed by atoms with E-state index in [1.807, 2.05) is 18.2 Å². The molecule has 3 aromatic rings. The Labute approximate surface area is 193 Å². The van der Waals surface area contributed by atoms with Gasteiger partial charge in [0.1, 0.15) is 5.82 Å². The first-order valence-corrected chi connectivity index (χ1v) is 11.7. The quantitative estimate of drug-likeness (QED) is 0.613. The minimum atomic E-state index is -0.142. The van der Waals surface area contributed by atoms with E-state index in [1.54, 1.807) is 11.9 Å². The number of carbonyl (C=O) groups is 2. The van der Waals surface area contributed by atoms with Gasteiger partial charge in [0.05, 0.1) is 23.4 Å². The second-order valence-electron chi connectivity index (χ2n) is 9.28. The molecule has 0 radical (unpaired) electrons. The normalized spacial score (nSPS) is 18.3. The van der Waals surface area contributed by atoms with Gasteiger partial charge in [0, 0.05) is 44.2 Å². The molecule has 2 aliphatic heterocycles. The molecule has 0 unspecified atom stereocenters. The number of hydrogen-bond acceptors (Lipinski definition) is 5. The van der Waals surface area contributed by atoms with Crippen molar-refractivity contribution >= 4 is 28.7 Å². The van der Waals surface area contributed by atoms with Gasteiger partial charge in [-0.05, 0) is 63.3 Å². The van der Waals surface area contributed by atoms with Gasteiger partial charge < -0.3 is 9.47 Å². The molecule has 2 aliphatic rings. The third-order valence-corrected chi connectivity index (χ3v) is 7.16. The van der Waals surface area contributed by atoms with Gasteiger partial charge in [-0.2, -0.15) is 0 Å². The highest BCUT2D eigenvalue weighted by molar-refractivity contribution is 5.94. The summed E-state index contributed by atoms with van der Waals surface area (Å²) in [6, 6.07) is 4.09. The van der Waals surface area contributed by atoms with Gasteiger partial charge in [0.15, 0.2) is 5.82 Å². The van der Waals surface area contributed by atoms with Crippen LogP contribution in [0.5, 0.6) is 0 Å². The molecule has 0 saturated carbocycles. The standard InChI is InChI=1S/C25H30N6O2/c1-15-12-19-21(13-16(15)2)30(14-26-19)11-9-23(33)31-10-5-6-20(31)24-27-17(3)18-7-8-22(32)29(4)25(18)28-24/h12-14,20H,5-11H2,1-4H3/t20-/m0/s1. The Hall–Kier alpha value is -3.29. The fourth-order valence-electron chi connectivity index (χ4n) is 5.02. The summed E-state index contributed by atoms with van der Waals surface area (Å²) in [5.41, 5.74) is 6.40. The van der Waals surface area contributed by atoms with E-state index in [1.165, 1.54) is 11.1 Å².